The van der Waals surface area contributed by atoms with E-state index in [-0.39, 0.29) is 5.91 Å². The summed E-state index contributed by atoms with van der Waals surface area (Å²) in [6.07, 6.45) is 2.38. The molecule has 2 N–H and O–H groups in total. The Labute approximate surface area is 99.5 Å². The van der Waals surface area contributed by atoms with Crippen molar-refractivity contribution < 1.29 is 4.79 Å². The lowest BCUT2D eigenvalue weighted by Crippen LogP contribution is -2.37. The summed E-state index contributed by atoms with van der Waals surface area (Å²) >= 11 is 1.63. The first-order valence-corrected chi connectivity index (χ1v) is 6.59. The van der Waals surface area contributed by atoms with Crippen LogP contribution in [0.15, 0.2) is 5.38 Å². The Hall–Kier alpha value is -0.940. The Morgan fingerprint density at radius 3 is 3.25 bits per heavy atom. The number of hydrogen-bond acceptors (Lipinski definition) is 4. The van der Waals surface area contributed by atoms with Crippen LogP contribution in [0.3, 0.4) is 0 Å². The molecule has 1 aliphatic heterocycles. The van der Waals surface area contributed by atoms with Crippen LogP contribution in [-0.2, 0) is 17.6 Å². The highest BCUT2D eigenvalue weighted by Gasteiger charge is 2.17. The second kappa shape index (κ2) is 5.41. The first-order chi connectivity index (χ1) is 7.78. The van der Waals surface area contributed by atoms with Crippen molar-refractivity contribution in [1.82, 2.24) is 15.6 Å². The number of nitrogens with zero attached hydrogens (tertiary/aromatic N) is 1. The molecule has 0 bridgehead atoms. The van der Waals surface area contributed by atoms with Crippen molar-refractivity contribution in [2.75, 3.05) is 13.1 Å². The molecule has 5 heteroatoms. The van der Waals surface area contributed by atoms with E-state index in [0.29, 0.717) is 12.5 Å². The molecule has 1 unspecified atom stereocenters. The quantitative estimate of drug-likeness (QED) is 0.814. The van der Waals surface area contributed by atoms with Gasteiger partial charge in [0.1, 0.15) is 0 Å². The van der Waals surface area contributed by atoms with Gasteiger partial charge in [0.25, 0.3) is 0 Å². The van der Waals surface area contributed by atoms with E-state index in [4.69, 9.17) is 0 Å². The summed E-state index contributed by atoms with van der Waals surface area (Å²) in [5.41, 5.74) is 0.894. The molecule has 88 valence electrons. The fourth-order valence-electron chi connectivity index (χ4n) is 1.81. The zero-order valence-electron chi connectivity index (χ0n) is 9.45. The van der Waals surface area contributed by atoms with Crippen molar-refractivity contribution in [2.45, 2.75) is 32.2 Å². The largest absolute Gasteiger partial charge is 0.352 e. The Bertz CT molecular complexity index is 358. The first-order valence-electron chi connectivity index (χ1n) is 5.71. The van der Waals surface area contributed by atoms with Gasteiger partial charge in [-0.2, -0.15) is 0 Å². The van der Waals surface area contributed by atoms with Crippen molar-refractivity contribution >= 4 is 17.2 Å². The Kier molecular flexibility index (Phi) is 3.90. The molecule has 4 nitrogen and oxygen atoms in total. The third kappa shape index (κ3) is 3.02. The highest BCUT2D eigenvalue weighted by molar-refractivity contribution is 7.09. The number of aryl methyl sites for hydroxylation is 1. The first kappa shape index (κ1) is 11.5. The van der Waals surface area contributed by atoms with Gasteiger partial charge in [0, 0.05) is 18.0 Å². The van der Waals surface area contributed by atoms with Crippen LogP contribution in [-0.4, -0.2) is 30.0 Å². The van der Waals surface area contributed by atoms with E-state index < -0.39 is 0 Å². The second-order valence-electron chi connectivity index (χ2n) is 4.02. The molecule has 1 saturated heterocycles. The van der Waals surface area contributed by atoms with Crippen LogP contribution in [0.4, 0.5) is 0 Å². The fraction of sp³-hybridized carbons (Fsp3) is 0.636. The minimum atomic E-state index is 0.0849. The van der Waals surface area contributed by atoms with Crippen molar-refractivity contribution in [3.05, 3.63) is 16.1 Å². The number of rotatable bonds is 4. The molecule has 1 amide bonds. The summed E-state index contributed by atoms with van der Waals surface area (Å²) in [5.74, 6) is 0.0849. The monoisotopic (exact) mass is 239 g/mol. The molecular formula is C11H17N3OS. The van der Waals surface area contributed by atoms with Gasteiger partial charge in [-0.05, 0) is 19.4 Å². The summed E-state index contributed by atoms with van der Waals surface area (Å²) in [7, 11) is 0. The molecule has 16 heavy (non-hydrogen) atoms. The van der Waals surface area contributed by atoms with Crippen LogP contribution in [0.2, 0.25) is 0 Å². The van der Waals surface area contributed by atoms with Crippen molar-refractivity contribution in [1.29, 1.82) is 0 Å². The number of thiazole rings is 1. The van der Waals surface area contributed by atoms with Crippen LogP contribution in [0.1, 0.15) is 24.0 Å². The maximum absolute atomic E-state index is 11.7. The molecule has 2 rings (SSSR count). The SMILES string of the molecule is CCc1nc(CC(=O)NC2CCNC2)cs1. The molecule has 0 aliphatic carbocycles. The highest BCUT2D eigenvalue weighted by Crippen LogP contribution is 2.10. The number of carbonyl (C=O) groups excluding carboxylic acids is 1. The van der Waals surface area contributed by atoms with Gasteiger partial charge in [-0.1, -0.05) is 6.92 Å². The van der Waals surface area contributed by atoms with Gasteiger partial charge in [-0.15, -0.1) is 11.3 Å². The van der Waals surface area contributed by atoms with Crippen LogP contribution in [0.25, 0.3) is 0 Å². The van der Waals surface area contributed by atoms with E-state index in [1.165, 1.54) is 0 Å². The van der Waals surface area contributed by atoms with Gasteiger partial charge >= 0.3 is 0 Å². The van der Waals surface area contributed by atoms with Gasteiger partial charge < -0.3 is 10.6 Å². The van der Waals surface area contributed by atoms with Crippen LogP contribution in [0, 0.1) is 0 Å². The summed E-state index contributed by atoms with van der Waals surface area (Å²) in [4.78, 5) is 16.1. The zero-order valence-corrected chi connectivity index (χ0v) is 10.3. The number of aromatic nitrogens is 1. The average Bonchev–Trinajstić information content (AvgIpc) is 2.89. The molecule has 0 radical (unpaired) electrons. The molecule has 1 fully saturated rings. The Morgan fingerprint density at radius 1 is 1.75 bits per heavy atom. The van der Waals surface area contributed by atoms with Gasteiger partial charge in [0.15, 0.2) is 0 Å². The fourth-order valence-corrected chi connectivity index (χ4v) is 2.56. The Morgan fingerprint density at radius 2 is 2.62 bits per heavy atom. The van der Waals surface area contributed by atoms with Crippen LogP contribution >= 0.6 is 11.3 Å². The molecule has 0 aromatic carbocycles. The van der Waals surface area contributed by atoms with Crippen molar-refractivity contribution in [3.8, 4) is 0 Å². The number of hydrogen-bond donors (Lipinski definition) is 2. The normalized spacial score (nSPS) is 19.9. The number of amides is 1. The molecule has 1 aromatic rings. The summed E-state index contributed by atoms with van der Waals surface area (Å²) in [6.45, 7) is 3.97. The van der Waals surface area contributed by atoms with E-state index in [1.54, 1.807) is 11.3 Å². The van der Waals surface area contributed by atoms with E-state index >= 15 is 0 Å². The van der Waals surface area contributed by atoms with Crippen molar-refractivity contribution in [2.24, 2.45) is 0 Å². The minimum Gasteiger partial charge on any atom is -0.352 e. The summed E-state index contributed by atoms with van der Waals surface area (Å²) in [6, 6.07) is 0.303. The summed E-state index contributed by atoms with van der Waals surface area (Å²) in [5, 5.41) is 9.32. The smallest absolute Gasteiger partial charge is 0.226 e. The Balaban J connectivity index is 1.81. The summed E-state index contributed by atoms with van der Waals surface area (Å²) < 4.78 is 0. The third-order valence-electron chi connectivity index (χ3n) is 2.67. The van der Waals surface area contributed by atoms with E-state index in [9.17, 15) is 4.79 Å². The van der Waals surface area contributed by atoms with E-state index in [0.717, 1.165) is 36.6 Å². The molecule has 1 aliphatic rings. The number of carbonyl (C=O) groups is 1. The van der Waals surface area contributed by atoms with Crippen LogP contribution < -0.4 is 10.6 Å². The molecule has 1 aromatic heterocycles. The molecule has 0 spiro atoms. The molecule has 2 heterocycles. The van der Waals surface area contributed by atoms with Gasteiger partial charge in [0.05, 0.1) is 17.1 Å². The predicted octanol–water partition coefficient (Wildman–Crippen LogP) is 0.726. The predicted molar refractivity (Wildman–Crippen MR) is 64.6 cm³/mol. The van der Waals surface area contributed by atoms with Gasteiger partial charge in [-0.25, -0.2) is 4.98 Å². The van der Waals surface area contributed by atoms with E-state index in [2.05, 4.69) is 22.5 Å². The third-order valence-corrected chi connectivity index (χ3v) is 3.71. The maximum Gasteiger partial charge on any atom is 0.226 e. The van der Waals surface area contributed by atoms with Gasteiger partial charge in [-0.3, -0.25) is 4.79 Å². The topological polar surface area (TPSA) is 54.0 Å². The molecule has 0 saturated carbocycles. The number of nitrogens with one attached hydrogen (secondary N) is 2. The maximum atomic E-state index is 11.7. The second-order valence-corrected chi connectivity index (χ2v) is 4.96. The standard InChI is InChI=1S/C11H17N3OS/c1-2-11-14-9(7-16-11)5-10(15)13-8-3-4-12-6-8/h7-8,12H,2-6H2,1H3,(H,13,15). The molecular weight excluding hydrogens is 222 g/mol. The zero-order chi connectivity index (χ0) is 11.4. The lowest BCUT2D eigenvalue weighted by molar-refractivity contribution is -0.121. The molecule has 1 atom stereocenters. The van der Waals surface area contributed by atoms with Crippen molar-refractivity contribution in [3.63, 3.8) is 0 Å². The minimum absolute atomic E-state index is 0.0849. The average molecular weight is 239 g/mol. The lowest BCUT2D eigenvalue weighted by Gasteiger charge is -2.10. The van der Waals surface area contributed by atoms with Crippen LogP contribution in [0.5, 0.6) is 0 Å². The lowest BCUT2D eigenvalue weighted by atomic mass is 10.2. The van der Waals surface area contributed by atoms with E-state index in [1.807, 2.05) is 5.38 Å². The van der Waals surface area contributed by atoms with Gasteiger partial charge in [0.2, 0.25) is 5.91 Å². The highest BCUT2D eigenvalue weighted by atomic mass is 32.1.